The molecule has 0 aliphatic heterocycles. The standard InChI is InChI=1S/C11H17NO2S/c1-8-6-15-7-9(8)5-12-10(13)11(2,3)14-4/h6-7H,5H2,1-4H3,(H,12,13). The maximum Gasteiger partial charge on any atom is 0.251 e. The van der Waals surface area contributed by atoms with Gasteiger partial charge in [-0.15, -0.1) is 0 Å². The lowest BCUT2D eigenvalue weighted by Gasteiger charge is -2.21. The molecule has 0 aliphatic rings. The molecule has 0 saturated heterocycles. The zero-order valence-corrected chi connectivity index (χ0v) is 10.4. The number of hydrogen-bond donors (Lipinski definition) is 1. The Hall–Kier alpha value is -0.870. The van der Waals surface area contributed by atoms with Crippen molar-refractivity contribution in [2.24, 2.45) is 0 Å². The number of hydrogen-bond acceptors (Lipinski definition) is 3. The fraction of sp³-hybridized carbons (Fsp3) is 0.545. The predicted molar refractivity (Wildman–Crippen MR) is 62.0 cm³/mol. The van der Waals surface area contributed by atoms with E-state index in [4.69, 9.17) is 4.74 Å². The number of rotatable bonds is 4. The minimum Gasteiger partial charge on any atom is -0.369 e. The summed E-state index contributed by atoms with van der Waals surface area (Å²) in [4.78, 5) is 11.7. The SMILES string of the molecule is COC(C)(C)C(=O)NCc1cscc1C. The van der Waals surface area contributed by atoms with Crippen molar-refractivity contribution in [1.82, 2.24) is 5.32 Å². The molecule has 0 aromatic carbocycles. The van der Waals surface area contributed by atoms with Gasteiger partial charge in [-0.2, -0.15) is 11.3 Å². The Bertz CT molecular complexity index is 344. The molecule has 3 nitrogen and oxygen atoms in total. The summed E-state index contributed by atoms with van der Waals surface area (Å²) in [6, 6.07) is 0. The van der Waals surface area contributed by atoms with Gasteiger partial charge in [-0.3, -0.25) is 4.79 Å². The largest absolute Gasteiger partial charge is 0.369 e. The first-order chi connectivity index (χ1) is 6.97. The van der Waals surface area contributed by atoms with Gasteiger partial charge in [-0.05, 0) is 42.7 Å². The van der Waals surface area contributed by atoms with Crippen molar-refractivity contribution in [3.8, 4) is 0 Å². The molecule has 0 fully saturated rings. The molecular weight excluding hydrogens is 210 g/mol. The number of nitrogens with one attached hydrogen (secondary N) is 1. The quantitative estimate of drug-likeness (QED) is 0.855. The van der Waals surface area contributed by atoms with Crippen LogP contribution in [0.25, 0.3) is 0 Å². The van der Waals surface area contributed by atoms with Crippen LogP contribution in [0.5, 0.6) is 0 Å². The zero-order valence-electron chi connectivity index (χ0n) is 9.59. The van der Waals surface area contributed by atoms with Crippen molar-refractivity contribution in [2.45, 2.75) is 32.9 Å². The third kappa shape index (κ3) is 3.04. The highest BCUT2D eigenvalue weighted by molar-refractivity contribution is 7.08. The smallest absolute Gasteiger partial charge is 0.251 e. The topological polar surface area (TPSA) is 38.3 Å². The second-order valence-electron chi connectivity index (χ2n) is 3.98. The molecule has 1 rings (SSSR count). The molecule has 0 saturated carbocycles. The summed E-state index contributed by atoms with van der Waals surface area (Å²) in [5.41, 5.74) is 1.62. The molecule has 15 heavy (non-hydrogen) atoms. The van der Waals surface area contributed by atoms with Gasteiger partial charge in [0.25, 0.3) is 5.91 Å². The third-order valence-corrected chi connectivity index (χ3v) is 3.37. The van der Waals surface area contributed by atoms with E-state index < -0.39 is 5.60 Å². The van der Waals surface area contributed by atoms with Crippen LogP contribution >= 0.6 is 11.3 Å². The van der Waals surface area contributed by atoms with Crippen molar-refractivity contribution in [3.05, 3.63) is 21.9 Å². The van der Waals surface area contributed by atoms with Crippen LogP contribution < -0.4 is 5.32 Å². The van der Waals surface area contributed by atoms with Crippen LogP contribution in [0.15, 0.2) is 10.8 Å². The molecule has 84 valence electrons. The Morgan fingerprint density at radius 3 is 2.67 bits per heavy atom. The van der Waals surface area contributed by atoms with E-state index in [1.54, 1.807) is 25.2 Å². The monoisotopic (exact) mass is 227 g/mol. The molecule has 1 heterocycles. The van der Waals surface area contributed by atoms with Gasteiger partial charge < -0.3 is 10.1 Å². The maximum absolute atomic E-state index is 11.7. The third-order valence-electron chi connectivity index (χ3n) is 2.46. The van der Waals surface area contributed by atoms with E-state index in [0.717, 1.165) is 0 Å². The molecule has 0 radical (unpaired) electrons. The first-order valence-corrected chi connectivity index (χ1v) is 5.77. The zero-order chi connectivity index (χ0) is 11.5. The Morgan fingerprint density at radius 1 is 1.53 bits per heavy atom. The molecule has 1 aromatic rings. The van der Waals surface area contributed by atoms with Gasteiger partial charge in [0.15, 0.2) is 0 Å². The lowest BCUT2D eigenvalue weighted by atomic mass is 10.1. The van der Waals surface area contributed by atoms with Crippen molar-refractivity contribution < 1.29 is 9.53 Å². The minimum absolute atomic E-state index is 0.0874. The minimum atomic E-state index is -0.760. The van der Waals surface area contributed by atoms with Gasteiger partial charge in [-0.1, -0.05) is 0 Å². The Balaban J connectivity index is 2.52. The molecular formula is C11H17NO2S. The van der Waals surface area contributed by atoms with Crippen molar-refractivity contribution in [1.29, 1.82) is 0 Å². The number of carbonyl (C=O) groups is 1. The van der Waals surface area contributed by atoms with Crippen molar-refractivity contribution in [3.63, 3.8) is 0 Å². The normalized spacial score (nSPS) is 11.5. The van der Waals surface area contributed by atoms with Crippen LogP contribution in [0.1, 0.15) is 25.0 Å². The number of ether oxygens (including phenoxy) is 1. The van der Waals surface area contributed by atoms with E-state index in [2.05, 4.69) is 16.1 Å². The van der Waals surface area contributed by atoms with Crippen LogP contribution in [0.2, 0.25) is 0 Å². The number of amides is 1. The van der Waals surface area contributed by atoms with Crippen molar-refractivity contribution in [2.75, 3.05) is 7.11 Å². The van der Waals surface area contributed by atoms with Gasteiger partial charge in [0, 0.05) is 13.7 Å². The van der Waals surface area contributed by atoms with Crippen LogP contribution in [0.4, 0.5) is 0 Å². The average Bonchev–Trinajstić information content (AvgIpc) is 2.60. The number of carbonyl (C=O) groups excluding carboxylic acids is 1. The van der Waals surface area contributed by atoms with Gasteiger partial charge in [-0.25, -0.2) is 0 Å². The fourth-order valence-corrected chi connectivity index (χ4v) is 1.91. The number of thiophene rings is 1. The maximum atomic E-state index is 11.7. The second kappa shape index (κ2) is 4.77. The lowest BCUT2D eigenvalue weighted by Crippen LogP contribution is -2.43. The summed E-state index contributed by atoms with van der Waals surface area (Å²) < 4.78 is 5.09. The summed E-state index contributed by atoms with van der Waals surface area (Å²) >= 11 is 1.65. The number of methoxy groups -OCH3 is 1. The highest BCUT2D eigenvalue weighted by Gasteiger charge is 2.26. The van der Waals surface area contributed by atoms with Gasteiger partial charge >= 0.3 is 0 Å². The summed E-state index contributed by atoms with van der Waals surface area (Å²) in [6.45, 7) is 6.12. The van der Waals surface area contributed by atoms with E-state index in [1.807, 2.05) is 6.92 Å². The summed E-state index contributed by atoms with van der Waals surface area (Å²) in [5.74, 6) is -0.0874. The molecule has 0 spiro atoms. The molecule has 0 aliphatic carbocycles. The van der Waals surface area contributed by atoms with Gasteiger partial charge in [0.05, 0.1) is 0 Å². The fourth-order valence-electron chi connectivity index (χ4n) is 1.05. The van der Waals surface area contributed by atoms with Gasteiger partial charge in [0.2, 0.25) is 0 Å². The highest BCUT2D eigenvalue weighted by Crippen LogP contribution is 2.14. The van der Waals surface area contributed by atoms with Crippen LogP contribution in [-0.4, -0.2) is 18.6 Å². The molecule has 1 aromatic heterocycles. The van der Waals surface area contributed by atoms with Crippen molar-refractivity contribution >= 4 is 17.2 Å². The Morgan fingerprint density at radius 2 is 2.20 bits per heavy atom. The molecule has 0 unspecified atom stereocenters. The van der Waals surface area contributed by atoms with Crippen LogP contribution in [0.3, 0.4) is 0 Å². The lowest BCUT2D eigenvalue weighted by molar-refractivity contribution is -0.139. The molecule has 4 heteroatoms. The second-order valence-corrected chi connectivity index (χ2v) is 4.72. The molecule has 1 amide bonds. The average molecular weight is 227 g/mol. The number of aryl methyl sites for hydroxylation is 1. The molecule has 0 bridgehead atoms. The van der Waals surface area contributed by atoms with Crippen LogP contribution in [0, 0.1) is 6.92 Å². The first kappa shape index (κ1) is 12.2. The van der Waals surface area contributed by atoms with E-state index in [0.29, 0.717) is 6.54 Å². The van der Waals surface area contributed by atoms with E-state index in [9.17, 15) is 4.79 Å². The summed E-state index contributed by atoms with van der Waals surface area (Å²) in [7, 11) is 1.54. The first-order valence-electron chi connectivity index (χ1n) is 4.82. The van der Waals surface area contributed by atoms with Crippen LogP contribution in [-0.2, 0) is 16.1 Å². The predicted octanol–water partition coefficient (Wildman–Crippen LogP) is 2.10. The molecule has 1 N–H and O–H groups in total. The van der Waals surface area contributed by atoms with E-state index in [-0.39, 0.29) is 5.91 Å². The molecule has 0 atom stereocenters. The van der Waals surface area contributed by atoms with Gasteiger partial charge in [0.1, 0.15) is 5.60 Å². The van der Waals surface area contributed by atoms with E-state index >= 15 is 0 Å². The Labute approximate surface area is 94.5 Å². The van der Waals surface area contributed by atoms with E-state index in [1.165, 1.54) is 18.2 Å². The summed E-state index contributed by atoms with van der Waals surface area (Å²) in [5, 5.41) is 6.98. The highest BCUT2D eigenvalue weighted by atomic mass is 32.1. The Kier molecular flexibility index (Phi) is 3.88. The summed E-state index contributed by atoms with van der Waals surface area (Å²) in [6.07, 6.45) is 0.